The zero-order valence-corrected chi connectivity index (χ0v) is 30.5. The van der Waals surface area contributed by atoms with Crippen LogP contribution in [0.5, 0.6) is 0 Å². The summed E-state index contributed by atoms with van der Waals surface area (Å²) in [6.07, 6.45) is 1.28. The van der Waals surface area contributed by atoms with Crippen LogP contribution in [0.3, 0.4) is 0 Å². The van der Waals surface area contributed by atoms with Gasteiger partial charge in [0.25, 0.3) is 5.91 Å². The molecule has 0 fully saturated rings. The summed E-state index contributed by atoms with van der Waals surface area (Å²) in [4.78, 5) is 62.7. The van der Waals surface area contributed by atoms with Gasteiger partial charge in [-0.15, -0.1) is 5.10 Å². The lowest BCUT2D eigenvalue weighted by molar-refractivity contribution is -0.138. The molecule has 0 saturated heterocycles. The number of nitrogens with two attached hydrogens (primary N) is 2. The van der Waals surface area contributed by atoms with Crippen molar-refractivity contribution in [3.63, 3.8) is 0 Å². The molecule has 50 heavy (non-hydrogen) atoms. The molecule has 16 heteroatoms. The number of carbonyl (C=O) groups excluding carboxylic acids is 4. The van der Waals surface area contributed by atoms with E-state index in [9.17, 15) is 19.2 Å². The van der Waals surface area contributed by atoms with Gasteiger partial charge in [0.1, 0.15) is 17.9 Å². The van der Waals surface area contributed by atoms with Gasteiger partial charge in [-0.25, -0.2) is 9.67 Å². The van der Waals surface area contributed by atoms with E-state index in [2.05, 4.69) is 31.0 Å². The largest absolute Gasteiger partial charge is 0.370 e. The molecule has 3 atom stereocenters. The maximum Gasteiger partial charge on any atom is 0.291 e. The van der Waals surface area contributed by atoms with Crippen LogP contribution in [-0.2, 0) is 20.8 Å². The lowest BCUT2D eigenvalue weighted by atomic mass is 9.98. The topological polar surface area (TPSA) is 203 Å². The Morgan fingerprint density at radius 2 is 1.68 bits per heavy atom. The number of aliphatic imine (C=N–C) groups is 1. The molecule has 4 amide bonds. The van der Waals surface area contributed by atoms with Gasteiger partial charge in [0.2, 0.25) is 23.5 Å². The molecule has 1 heterocycles. The van der Waals surface area contributed by atoms with E-state index in [0.29, 0.717) is 40.9 Å². The van der Waals surface area contributed by atoms with E-state index in [1.165, 1.54) is 16.6 Å². The number of guanidine groups is 1. The summed E-state index contributed by atoms with van der Waals surface area (Å²) in [6.45, 7) is 5.99. The van der Waals surface area contributed by atoms with Crippen molar-refractivity contribution >= 4 is 52.8 Å². The molecular formula is C34H46Cl2N10O4. The quantitative estimate of drug-likeness (QED) is 0.0793. The number of likely N-dealkylation sites (N-methyl/N-ethyl adjacent to an activating group) is 1. The Labute approximate surface area is 302 Å². The molecule has 0 saturated carbocycles. The van der Waals surface area contributed by atoms with Gasteiger partial charge in [0.15, 0.2) is 5.96 Å². The van der Waals surface area contributed by atoms with Crippen molar-refractivity contribution < 1.29 is 19.2 Å². The van der Waals surface area contributed by atoms with Gasteiger partial charge in [-0.05, 0) is 55.9 Å². The summed E-state index contributed by atoms with van der Waals surface area (Å²) in [5.74, 6) is -1.58. The zero-order chi connectivity index (χ0) is 37.0. The van der Waals surface area contributed by atoms with Crippen LogP contribution in [0, 0.1) is 12.8 Å². The van der Waals surface area contributed by atoms with Gasteiger partial charge < -0.3 is 32.3 Å². The van der Waals surface area contributed by atoms with Crippen molar-refractivity contribution in [1.82, 2.24) is 35.6 Å². The van der Waals surface area contributed by atoms with E-state index in [0.717, 1.165) is 5.56 Å². The minimum absolute atomic E-state index is 0.0853. The average molecular weight is 730 g/mol. The fraction of sp³-hybridized carbons (Fsp3) is 0.441. The number of aromatic nitrogens is 3. The number of primary amides is 1. The third-order valence-electron chi connectivity index (χ3n) is 7.89. The Bertz CT molecular complexity index is 1640. The van der Waals surface area contributed by atoms with Crippen LogP contribution in [0.15, 0.2) is 53.5 Å². The third kappa shape index (κ3) is 12.0. The van der Waals surface area contributed by atoms with Crippen LogP contribution in [0.4, 0.5) is 0 Å². The first kappa shape index (κ1) is 39.7. The zero-order valence-electron chi connectivity index (χ0n) is 29.0. The Balaban J connectivity index is 1.79. The second-order valence-corrected chi connectivity index (χ2v) is 13.3. The van der Waals surface area contributed by atoms with E-state index in [4.69, 9.17) is 34.7 Å². The van der Waals surface area contributed by atoms with Crippen LogP contribution >= 0.6 is 23.2 Å². The van der Waals surface area contributed by atoms with E-state index < -0.39 is 35.8 Å². The third-order valence-corrected chi connectivity index (χ3v) is 8.32. The summed E-state index contributed by atoms with van der Waals surface area (Å²) in [5.41, 5.74) is 12.8. The highest BCUT2D eigenvalue weighted by Gasteiger charge is 2.30. The molecule has 2 aromatic carbocycles. The fourth-order valence-corrected chi connectivity index (χ4v) is 5.86. The van der Waals surface area contributed by atoms with Crippen molar-refractivity contribution in [3.8, 4) is 5.69 Å². The summed E-state index contributed by atoms with van der Waals surface area (Å²) < 4.78 is 1.43. The van der Waals surface area contributed by atoms with Gasteiger partial charge in [-0.1, -0.05) is 67.4 Å². The van der Waals surface area contributed by atoms with Crippen molar-refractivity contribution in [2.75, 3.05) is 20.6 Å². The summed E-state index contributed by atoms with van der Waals surface area (Å²) in [7, 11) is 3.08. The lowest BCUT2D eigenvalue weighted by Gasteiger charge is -2.29. The first-order valence-electron chi connectivity index (χ1n) is 16.2. The summed E-state index contributed by atoms with van der Waals surface area (Å²) >= 11 is 12.3. The SMILES string of the molecule is CN=C(N)NCCC[C@H](NC(=O)c1nc(C)n(-c2cc(Cl)cc(Cl)c2)n1)C(=O)NC(CC(=O)N(C)C(Cc1ccccc1)C(N)=O)CC(C)C. The highest BCUT2D eigenvalue weighted by Crippen LogP contribution is 2.22. The number of benzene rings is 2. The van der Waals surface area contributed by atoms with Gasteiger partial charge in [0, 0.05) is 49.6 Å². The van der Waals surface area contributed by atoms with E-state index in [-0.39, 0.29) is 42.9 Å². The van der Waals surface area contributed by atoms with E-state index >= 15 is 0 Å². The molecule has 0 aliphatic heterocycles. The average Bonchev–Trinajstić information content (AvgIpc) is 3.45. The Morgan fingerprint density at radius 1 is 1.02 bits per heavy atom. The van der Waals surface area contributed by atoms with Crippen molar-refractivity contribution in [2.45, 2.75) is 71.0 Å². The molecule has 3 aromatic rings. The normalized spacial score (nSPS) is 13.3. The molecule has 0 aliphatic rings. The molecule has 270 valence electrons. The van der Waals surface area contributed by atoms with Gasteiger partial charge in [-0.3, -0.25) is 24.2 Å². The molecule has 0 bridgehead atoms. The molecular weight excluding hydrogens is 683 g/mol. The molecule has 14 nitrogen and oxygen atoms in total. The second-order valence-electron chi connectivity index (χ2n) is 12.4. The molecule has 0 aliphatic carbocycles. The molecule has 2 unspecified atom stereocenters. The summed E-state index contributed by atoms with van der Waals surface area (Å²) in [5, 5.41) is 13.8. The van der Waals surface area contributed by atoms with Crippen LogP contribution in [0.1, 0.15) is 61.5 Å². The van der Waals surface area contributed by atoms with Crippen LogP contribution in [-0.4, -0.2) is 88.0 Å². The van der Waals surface area contributed by atoms with Crippen molar-refractivity contribution in [1.29, 1.82) is 0 Å². The maximum absolute atomic E-state index is 13.8. The number of amides is 4. The second kappa shape index (κ2) is 18.9. The predicted octanol–water partition coefficient (Wildman–Crippen LogP) is 2.77. The number of aryl methyl sites for hydroxylation is 1. The van der Waals surface area contributed by atoms with Crippen LogP contribution < -0.4 is 27.4 Å². The predicted molar refractivity (Wildman–Crippen MR) is 194 cm³/mol. The molecule has 7 N–H and O–H groups in total. The minimum Gasteiger partial charge on any atom is -0.370 e. The standard InChI is InChI=1S/C34H46Cl2N10O4/c1-20(2)14-25(19-29(47)45(5)28(30(37)48)15-22-10-7-6-8-11-22)42-32(49)27(12-9-13-40-34(38)39-4)43-33(50)31-41-21(3)46(44-31)26-17-23(35)16-24(36)18-26/h6-8,10-11,16-18,20,25,27-28H,9,12-15,19H2,1-5H3,(H2,37,48)(H,42,49)(H,43,50)(H3,38,39,40)/t25?,27-,28?/m0/s1. The number of hydrogen-bond donors (Lipinski definition) is 5. The van der Waals surface area contributed by atoms with Crippen molar-refractivity contribution in [3.05, 3.63) is 75.8 Å². The van der Waals surface area contributed by atoms with E-state index in [1.54, 1.807) is 32.2 Å². The number of nitrogens with zero attached hydrogens (tertiary/aromatic N) is 5. The van der Waals surface area contributed by atoms with Gasteiger partial charge >= 0.3 is 0 Å². The number of halogens is 2. The van der Waals surface area contributed by atoms with E-state index in [1.807, 2.05) is 44.2 Å². The van der Waals surface area contributed by atoms with Gasteiger partial charge in [0.05, 0.1) is 5.69 Å². The van der Waals surface area contributed by atoms with Gasteiger partial charge in [-0.2, -0.15) is 0 Å². The number of rotatable bonds is 17. The van der Waals surface area contributed by atoms with Crippen LogP contribution in [0.25, 0.3) is 5.69 Å². The molecule has 0 spiro atoms. The number of carbonyl (C=O) groups is 4. The van der Waals surface area contributed by atoms with Crippen molar-refractivity contribution in [2.24, 2.45) is 22.4 Å². The highest BCUT2D eigenvalue weighted by atomic mass is 35.5. The minimum atomic E-state index is -1.02. The Morgan fingerprint density at radius 3 is 2.28 bits per heavy atom. The molecule has 1 aromatic heterocycles. The Kier molecular flexibility index (Phi) is 15.0. The summed E-state index contributed by atoms with van der Waals surface area (Å²) in [6, 6.07) is 11.6. The molecule has 3 rings (SSSR count). The monoisotopic (exact) mass is 728 g/mol. The first-order chi connectivity index (χ1) is 23.7. The maximum atomic E-state index is 13.8. The number of nitrogens with one attached hydrogen (secondary N) is 3. The smallest absolute Gasteiger partial charge is 0.291 e. The first-order valence-corrected chi connectivity index (χ1v) is 17.0. The fourth-order valence-electron chi connectivity index (χ4n) is 5.34. The van der Waals surface area contributed by atoms with Crippen LogP contribution in [0.2, 0.25) is 10.0 Å². The molecule has 0 radical (unpaired) electrons. The Hall–Kier alpha value is -4.69. The number of hydrogen-bond acceptors (Lipinski definition) is 7. The highest BCUT2D eigenvalue weighted by molar-refractivity contribution is 6.34. The lowest BCUT2D eigenvalue weighted by Crippen LogP contribution is -2.52.